The average molecular weight is 520 g/mol. The molecule has 11 nitrogen and oxygen atoms in total. The molecule has 0 N–H and O–H groups in total. The highest BCUT2D eigenvalue weighted by Gasteiger charge is 2.31. The highest BCUT2D eigenvalue weighted by Crippen LogP contribution is 2.27. The Labute approximate surface area is 209 Å². The molecular formula is C23H23F3N6O5. The second kappa shape index (κ2) is 10.1. The Morgan fingerprint density at radius 3 is 2.54 bits per heavy atom. The van der Waals surface area contributed by atoms with Gasteiger partial charge in [-0.2, -0.15) is 0 Å². The molecule has 0 unspecified atom stereocenters. The number of hydrogen-bond acceptors (Lipinski definition) is 9. The van der Waals surface area contributed by atoms with Gasteiger partial charge in [0.15, 0.2) is 0 Å². The highest BCUT2D eigenvalue weighted by molar-refractivity contribution is 5.51. The van der Waals surface area contributed by atoms with Crippen LogP contribution in [0.15, 0.2) is 48.8 Å². The van der Waals surface area contributed by atoms with E-state index in [1.807, 2.05) is 12.1 Å². The summed E-state index contributed by atoms with van der Waals surface area (Å²) in [5, 5.41) is 10.9. The fourth-order valence-corrected chi connectivity index (χ4v) is 4.25. The fourth-order valence-electron chi connectivity index (χ4n) is 4.25. The fraction of sp³-hybridized carbons (Fsp3) is 0.391. The van der Waals surface area contributed by atoms with E-state index in [4.69, 9.17) is 9.47 Å². The van der Waals surface area contributed by atoms with Crippen molar-refractivity contribution in [1.82, 2.24) is 14.5 Å². The van der Waals surface area contributed by atoms with Crippen molar-refractivity contribution in [2.45, 2.75) is 25.6 Å². The zero-order chi connectivity index (χ0) is 26.0. The van der Waals surface area contributed by atoms with Crippen LogP contribution in [0.4, 0.5) is 30.5 Å². The van der Waals surface area contributed by atoms with Crippen LogP contribution in [0.25, 0.3) is 0 Å². The number of halogens is 3. The van der Waals surface area contributed by atoms with Crippen molar-refractivity contribution < 1.29 is 32.3 Å². The van der Waals surface area contributed by atoms with Crippen LogP contribution in [0.5, 0.6) is 11.8 Å². The number of piperazine rings is 1. The van der Waals surface area contributed by atoms with Crippen LogP contribution >= 0.6 is 0 Å². The van der Waals surface area contributed by atoms with Gasteiger partial charge in [0, 0.05) is 43.0 Å². The Morgan fingerprint density at radius 2 is 1.84 bits per heavy atom. The highest BCUT2D eigenvalue weighted by atomic mass is 19.4. The normalized spacial score (nSPS) is 17.8. The number of fused-ring (bicyclic) bond motifs is 1. The number of alkyl halides is 3. The lowest BCUT2D eigenvalue weighted by Crippen LogP contribution is -2.46. The number of hydrogen-bond donors (Lipinski definition) is 0. The number of nitro groups is 1. The van der Waals surface area contributed by atoms with E-state index in [0.717, 1.165) is 17.1 Å². The van der Waals surface area contributed by atoms with E-state index in [1.165, 1.54) is 18.3 Å². The third-order valence-electron chi connectivity index (χ3n) is 6.05. The molecule has 0 aliphatic carbocycles. The summed E-state index contributed by atoms with van der Waals surface area (Å²) in [7, 11) is 0. The van der Waals surface area contributed by atoms with Gasteiger partial charge in [0.2, 0.25) is 0 Å². The summed E-state index contributed by atoms with van der Waals surface area (Å²) in [6, 6.07) is 9.89. The van der Waals surface area contributed by atoms with Crippen molar-refractivity contribution in [3.05, 3.63) is 64.5 Å². The van der Waals surface area contributed by atoms with Gasteiger partial charge in [0.1, 0.15) is 30.5 Å². The number of pyridine rings is 1. The van der Waals surface area contributed by atoms with Crippen molar-refractivity contribution in [1.29, 1.82) is 0 Å². The summed E-state index contributed by atoms with van der Waals surface area (Å²) in [4.78, 5) is 22.9. The lowest BCUT2D eigenvalue weighted by atomic mass is 10.2. The molecule has 2 aliphatic heterocycles. The van der Waals surface area contributed by atoms with Crippen molar-refractivity contribution >= 4 is 17.3 Å². The van der Waals surface area contributed by atoms with Gasteiger partial charge in [-0.05, 0) is 46.9 Å². The Balaban J connectivity index is 1.13. The van der Waals surface area contributed by atoms with Crippen molar-refractivity contribution in [3.63, 3.8) is 0 Å². The summed E-state index contributed by atoms with van der Waals surface area (Å²) in [5.41, 5.74) is 1.75. The van der Waals surface area contributed by atoms with Gasteiger partial charge in [-0.1, -0.05) is 0 Å². The molecule has 0 spiro atoms. The third kappa shape index (κ3) is 6.02. The van der Waals surface area contributed by atoms with Crippen LogP contribution in [0.2, 0.25) is 0 Å². The molecule has 5 rings (SSSR count). The molecule has 1 saturated heterocycles. The molecule has 1 aromatic carbocycles. The number of aromatic nitrogens is 3. The van der Waals surface area contributed by atoms with E-state index in [1.54, 1.807) is 22.9 Å². The van der Waals surface area contributed by atoms with Gasteiger partial charge in [0.25, 0.3) is 0 Å². The molecule has 14 heteroatoms. The zero-order valence-electron chi connectivity index (χ0n) is 19.5. The maximum absolute atomic E-state index is 12.4. The van der Waals surface area contributed by atoms with E-state index in [9.17, 15) is 23.3 Å². The molecule has 3 aromatic rings. The molecule has 0 amide bonds. The van der Waals surface area contributed by atoms with Gasteiger partial charge < -0.3 is 34.1 Å². The Kier molecular flexibility index (Phi) is 6.74. The largest absolute Gasteiger partial charge is 0.573 e. The number of imidazole rings is 1. The van der Waals surface area contributed by atoms with Crippen molar-refractivity contribution in [2.24, 2.45) is 0 Å². The molecule has 1 fully saturated rings. The molecular weight excluding hydrogens is 497 g/mol. The first kappa shape index (κ1) is 24.6. The smallest absolute Gasteiger partial charge is 0.443 e. The molecule has 0 radical (unpaired) electrons. The zero-order valence-corrected chi connectivity index (χ0v) is 19.5. The first-order chi connectivity index (χ1) is 17.7. The number of anilines is 2. The first-order valence-corrected chi connectivity index (χ1v) is 11.5. The summed E-state index contributed by atoms with van der Waals surface area (Å²) in [5.74, 6) is 0.300. The number of rotatable bonds is 7. The molecule has 2 aliphatic rings. The maximum atomic E-state index is 12.4. The van der Waals surface area contributed by atoms with Crippen LogP contribution in [-0.2, 0) is 17.9 Å². The molecule has 0 saturated carbocycles. The Hall–Kier alpha value is -4.07. The van der Waals surface area contributed by atoms with E-state index < -0.39 is 11.3 Å². The second-order valence-corrected chi connectivity index (χ2v) is 8.57. The molecule has 37 heavy (non-hydrogen) atoms. The topological polar surface area (TPSA) is 108 Å². The summed E-state index contributed by atoms with van der Waals surface area (Å²) in [6.45, 7) is 3.72. The van der Waals surface area contributed by atoms with Crippen molar-refractivity contribution in [3.8, 4) is 11.8 Å². The molecule has 196 valence electrons. The predicted molar refractivity (Wildman–Crippen MR) is 125 cm³/mol. The lowest BCUT2D eigenvalue weighted by Gasteiger charge is -2.37. The third-order valence-corrected chi connectivity index (χ3v) is 6.05. The summed E-state index contributed by atoms with van der Waals surface area (Å²) >= 11 is 0. The van der Waals surface area contributed by atoms with E-state index in [2.05, 4.69) is 24.5 Å². The molecule has 4 heterocycles. The van der Waals surface area contributed by atoms with Gasteiger partial charge in [0.05, 0.1) is 13.2 Å². The predicted octanol–water partition coefficient (Wildman–Crippen LogP) is 3.39. The second-order valence-electron chi connectivity index (χ2n) is 8.57. The molecule has 0 bridgehead atoms. The monoisotopic (exact) mass is 520 g/mol. The number of ether oxygens (including phenoxy) is 3. The van der Waals surface area contributed by atoms with Crippen LogP contribution in [0.3, 0.4) is 0 Å². The summed E-state index contributed by atoms with van der Waals surface area (Å²) in [6.07, 6.45) is -1.94. The minimum atomic E-state index is -4.71. The average Bonchev–Trinajstić information content (AvgIpc) is 3.31. The standard InChI is InChI=1S/C23H23F3N6O5/c24-23(25,26)37-18-3-1-17(2-4-18)29-7-9-30(10-8-29)20-11-16(5-6-27-20)14-35-19-12-31-13-21(32(33)34)28-22(31)36-15-19/h1-6,11,13,19H,7-10,12,14-15H2/t19-/m0/s1. The van der Waals surface area contributed by atoms with E-state index in [-0.39, 0.29) is 30.3 Å². The quantitative estimate of drug-likeness (QED) is 0.342. The minimum Gasteiger partial charge on any atom is -0.443 e. The van der Waals surface area contributed by atoms with Gasteiger partial charge in [-0.15, -0.1) is 13.2 Å². The SMILES string of the molecule is O=[N+]([O-])c1cn2c(n1)OC[C@@H](OCc1ccnc(N3CCN(c4ccc(OC(F)(F)F)cc4)CC3)c1)C2. The lowest BCUT2D eigenvalue weighted by molar-refractivity contribution is -0.389. The van der Waals surface area contributed by atoms with Gasteiger partial charge in [-0.3, -0.25) is 4.57 Å². The van der Waals surface area contributed by atoms with Crippen LogP contribution in [0, 0.1) is 10.1 Å². The first-order valence-electron chi connectivity index (χ1n) is 11.5. The maximum Gasteiger partial charge on any atom is 0.573 e. The molecule has 2 aromatic heterocycles. The van der Waals surface area contributed by atoms with Crippen LogP contribution in [-0.4, -0.2) is 64.7 Å². The number of nitrogens with zero attached hydrogens (tertiary/aromatic N) is 6. The number of benzene rings is 1. The van der Waals surface area contributed by atoms with E-state index in [0.29, 0.717) is 39.3 Å². The molecule has 1 atom stereocenters. The van der Waals surface area contributed by atoms with Gasteiger partial charge >= 0.3 is 18.2 Å². The van der Waals surface area contributed by atoms with Crippen molar-refractivity contribution in [2.75, 3.05) is 42.6 Å². The Morgan fingerprint density at radius 1 is 1.11 bits per heavy atom. The summed E-state index contributed by atoms with van der Waals surface area (Å²) < 4.78 is 54.1. The van der Waals surface area contributed by atoms with E-state index >= 15 is 0 Å². The van der Waals surface area contributed by atoms with Gasteiger partial charge in [-0.25, -0.2) is 4.98 Å². The minimum absolute atomic E-state index is 0.211. The van der Waals surface area contributed by atoms with Crippen LogP contribution in [0.1, 0.15) is 5.56 Å². The van der Waals surface area contributed by atoms with Crippen LogP contribution < -0.4 is 19.3 Å². The Bertz CT molecular complexity index is 1240.